The highest BCUT2D eigenvalue weighted by Gasteiger charge is 2.45. The number of hydrogen-bond donors (Lipinski definition) is 2. The largest absolute Gasteiger partial charge is 0.383 e. The van der Waals surface area contributed by atoms with Gasteiger partial charge in [0.25, 0.3) is 11.8 Å². The second-order valence-electron chi connectivity index (χ2n) is 5.36. The second kappa shape index (κ2) is 5.45. The van der Waals surface area contributed by atoms with Crippen molar-refractivity contribution in [2.75, 3.05) is 11.9 Å². The summed E-state index contributed by atoms with van der Waals surface area (Å²) in [5, 5.41) is 4.88. The van der Waals surface area contributed by atoms with Gasteiger partial charge in [0.15, 0.2) is 0 Å². The van der Waals surface area contributed by atoms with E-state index in [0.717, 1.165) is 11.0 Å². The molecule has 0 aliphatic carbocycles. The van der Waals surface area contributed by atoms with Gasteiger partial charge in [-0.05, 0) is 25.5 Å². The summed E-state index contributed by atoms with van der Waals surface area (Å²) in [6, 6.07) is 1.23. The fourth-order valence-corrected chi connectivity index (χ4v) is 2.82. The molecular weight excluding hydrogens is 305 g/mol. The van der Waals surface area contributed by atoms with Crippen LogP contribution in [0.1, 0.15) is 40.5 Å². The van der Waals surface area contributed by atoms with Crippen LogP contribution in [0.4, 0.5) is 10.1 Å². The highest BCUT2D eigenvalue weighted by Crippen LogP contribution is 2.31. The van der Waals surface area contributed by atoms with Crippen LogP contribution in [0, 0.1) is 5.82 Å². The summed E-state index contributed by atoms with van der Waals surface area (Å²) < 4.78 is 14.0. The second-order valence-corrected chi connectivity index (χ2v) is 5.36. The summed E-state index contributed by atoms with van der Waals surface area (Å²) in [6.07, 6.45) is 0.111. The highest BCUT2D eigenvalue weighted by atomic mass is 19.1. The van der Waals surface area contributed by atoms with Crippen molar-refractivity contribution in [3.05, 3.63) is 29.1 Å². The molecule has 0 radical (unpaired) electrons. The number of nitrogens with one attached hydrogen (secondary N) is 2. The molecule has 3 rings (SSSR count). The molecule has 8 heteroatoms. The summed E-state index contributed by atoms with van der Waals surface area (Å²) in [4.78, 5) is 48.8. The van der Waals surface area contributed by atoms with Crippen molar-refractivity contribution in [1.82, 2.24) is 10.2 Å². The normalized spacial score (nSPS) is 20.6. The Morgan fingerprint density at radius 1 is 1.22 bits per heavy atom. The Hall–Kier alpha value is -2.77. The van der Waals surface area contributed by atoms with Crippen molar-refractivity contribution in [1.29, 1.82) is 0 Å². The van der Waals surface area contributed by atoms with Crippen LogP contribution < -0.4 is 10.6 Å². The van der Waals surface area contributed by atoms with E-state index in [0.29, 0.717) is 6.54 Å². The monoisotopic (exact) mass is 319 g/mol. The Morgan fingerprint density at radius 3 is 2.48 bits per heavy atom. The maximum atomic E-state index is 14.0. The molecule has 2 N–H and O–H groups in total. The Balaban J connectivity index is 1.97. The molecule has 1 aromatic carbocycles. The van der Waals surface area contributed by atoms with Crippen LogP contribution in [0.15, 0.2) is 12.1 Å². The lowest BCUT2D eigenvalue weighted by atomic mass is 10.0. The predicted molar refractivity (Wildman–Crippen MR) is 77.2 cm³/mol. The zero-order valence-corrected chi connectivity index (χ0v) is 12.3. The lowest BCUT2D eigenvalue weighted by Crippen LogP contribution is -2.54. The Morgan fingerprint density at radius 2 is 1.87 bits per heavy atom. The van der Waals surface area contributed by atoms with E-state index in [4.69, 9.17) is 0 Å². The highest BCUT2D eigenvalue weighted by molar-refractivity contribution is 6.23. The Labute approximate surface area is 130 Å². The van der Waals surface area contributed by atoms with Gasteiger partial charge in [-0.1, -0.05) is 0 Å². The molecule has 1 aromatic rings. The third-order valence-corrected chi connectivity index (χ3v) is 3.89. The van der Waals surface area contributed by atoms with E-state index in [-0.39, 0.29) is 29.7 Å². The molecule has 2 heterocycles. The summed E-state index contributed by atoms with van der Waals surface area (Å²) in [6.45, 7) is 2.23. The zero-order chi connectivity index (χ0) is 16.7. The molecule has 120 valence electrons. The fraction of sp³-hybridized carbons (Fsp3) is 0.333. The first-order valence-corrected chi connectivity index (χ1v) is 7.23. The van der Waals surface area contributed by atoms with Crippen LogP contribution in [-0.4, -0.2) is 41.1 Å². The van der Waals surface area contributed by atoms with Crippen molar-refractivity contribution >= 4 is 29.3 Å². The SMILES string of the molecule is CCNc1cc2c(cc1F)C(=O)N(C1CCC(=O)NC1=O)C2=O. The van der Waals surface area contributed by atoms with E-state index >= 15 is 0 Å². The van der Waals surface area contributed by atoms with Crippen LogP contribution in [0.5, 0.6) is 0 Å². The molecule has 23 heavy (non-hydrogen) atoms. The number of imide groups is 2. The molecular formula is C15H14FN3O4. The number of rotatable bonds is 3. The molecule has 2 aliphatic rings. The molecule has 0 aromatic heterocycles. The number of carbonyl (C=O) groups excluding carboxylic acids is 4. The summed E-state index contributed by atoms with van der Waals surface area (Å²) in [5.41, 5.74) is 0.105. The van der Waals surface area contributed by atoms with Crippen LogP contribution in [0.2, 0.25) is 0 Å². The third kappa shape index (κ3) is 2.36. The number of fused-ring (bicyclic) bond motifs is 1. The van der Waals surface area contributed by atoms with E-state index in [1.807, 2.05) is 0 Å². The lowest BCUT2D eigenvalue weighted by Gasteiger charge is -2.27. The van der Waals surface area contributed by atoms with Crippen molar-refractivity contribution in [2.45, 2.75) is 25.8 Å². The van der Waals surface area contributed by atoms with Gasteiger partial charge in [-0.2, -0.15) is 0 Å². The standard InChI is InChI=1S/C15H14FN3O4/c1-2-17-10-6-8-7(5-9(10)16)14(22)19(15(8)23)11-3-4-12(20)18-13(11)21/h5-6,11,17H,2-4H2,1H3,(H,18,20,21). The third-order valence-electron chi connectivity index (χ3n) is 3.89. The van der Waals surface area contributed by atoms with E-state index < -0.39 is 35.5 Å². The quantitative estimate of drug-likeness (QED) is 0.798. The van der Waals surface area contributed by atoms with E-state index in [1.54, 1.807) is 6.92 Å². The number of anilines is 1. The minimum Gasteiger partial charge on any atom is -0.383 e. The molecule has 0 spiro atoms. The van der Waals surface area contributed by atoms with Gasteiger partial charge < -0.3 is 5.32 Å². The van der Waals surface area contributed by atoms with E-state index in [1.165, 1.54) is 6.07 Å². The lowest BCUT2D eigenvalue weighted by molar-refractivity contribution is -0.136. The average molecular weight is 319 g/mol. The number of halogens is 1. The number of piperidine rings is 1. The van der Waals surface area contributed by atoms with Gasteiger partial charge in [0.2, 0.25) is 11.8 Å². The van der Waals surface area contributed by atoms with Crippen LogP contribution in [0.25, 0.3) is 0 Å². The number of benzene rings is 1. The number of amides is 4. The summed E-state index contributed by atoms with van der Waals surface area (Å²) >= 11 is 0. The number of carbonyl (C=O) groups is 4. The minimum atomic E-state index is -1.05. The first-order valence-electron chi connectivity index (χ1n) is 7.23. The van der Waals surface area contributed by atoms with E-state index in [9.17, 15) is 23.6 Å². The molecule has 0 bridgehead atoms. The zero-order valence-electron chi connectivity index (χ0n) is 12.3. The van der Waals surface area contributed by atoms with Gasteiger partial charge >= 0.3 is 0 Å². The fourth-order valence-electron chi connectivity index (χ4n) is 2.82. The van der Waals surface area contributed by atoms with Crippen LogP contribution in [0.3, 0.4) is 0 Å². The molecule has 1 fully saturated rings. The van der Waals surface area contributed by atoms with Gasteiger partial charge in [0.1, 0.15) is 11.9 Å². The van der Waals surface area contributed by atoms with Gasteiger partial charge in [0, 0.05) is 13.0 Å². The smallest absolute Gasteiger partial charge is 0.262 e. The van der Waals surface area contributed by atoms with Gasteiger partial charge in [-0.3, -0.25) is 29.4 Å². The van der Waals surface area contributed by atoms with Crippen molar-refractivity contribution in [3.8, 4) is 0 Å². The van der Waals surface area contributed by atoms with Crippen LogP contribution >= 0.6 is 0 Å². The Bertz CT molecular complexity index is 746. The summed E-state index contributed by atoms with van der Waals surface area (Å²) in [7, 11) is 0. The maximum Gasteiger partial charge on any atom is 0.262 e. The molecule has 1 unspecified atom stereocenters. The van der Waals surface area contributed by atoms with E-state index in [2.05, 4.69) is 10.6 Å². The van der Waals surface area contributed by atoms with Crippen molar-refractivity contribution in [2.24, 2.45) is 0 Å². The Kier molecular flexibility index (Phi) is 3.59. The first-order chi connectivity index (χ1) is 10.9. The van der Waals surface area contributed by atoms with Crippen LogP contribution in [-0.2, 0) is 9.59 Å². The molecule has 0 saturated carbocycles. The first kappa shape index (κ1) is 15.1. The molecule has 2 aliphatic heterocycles. The molecule has 1 atom stereocenters. The van der Waals surface area contributed by atoms with Gasteiger partial charge in [-0.15, -0.1) is 0 Å². The number of nitrogens with zero attached hydrogens (tertiary/aromatic N) is 1. The average Bonchev–Trinajstić information content (AvgIpc) is 2.72. The van der Waals surface area contributed by atoms with Crippen molar-refractivity contribution in [3.63, 3.8) is 0 Å². The minimum absolute atomic E-state index is 0.0425. The predicted octanol–water partition coefficient (Wildman–Crippen LogP) is 0.659. The molecule has 7 nitrogen and oxygen atoms in total. The molecule has 1 saturated heterocycles. The van der Waals surface area contributed by atoms with Gasteiger partial charge in [0.05, 0.1) is 16.8 Å². The summed E-state index contributed by atoms with van der Waals surface area (Å²) in [5.74, 6) is -3.15. The molecule has 4 amide bonds. The topological polar surface area (TPSA) is 95.6 Å². The number of hydrogen-bond acceptors (Lipinski definition) is 5. The van der Waals surface area contributed by atoms with Gasteiger partial charge in [-0.25, -0.2) is 4.39 Å². The maximum absolute atomic E-state index is 14.0. The van der Waals surface area contributed by atoms with Crippen molar-refractivity contribution < 1.29 is 23.6 Å².